The Morgan fingerprint density at radius 3 is 2.50 bits per heavy atom. The third kappa shape index (κ3) is 1.88. The van der Waals surface area contributed by atoms with E-state index >= 15 is 0 Å². The summed E-state index contributed by atoms with van der Waals surface area (Å²) in [6, 6.07) is 3.03. The van der Waals surface area contributed by atoms with Gasteiger partial charge in [-0.3, -0.25) is 0 Å². The van der Waals surface area contributed by atoms with Crippen LogP contribution in [0.1, 0.15) is 5.56 Å². The second-order valence-corrected chi connectivity index (χ2v) is 3.46. The number of alkyl halides is 3. The third-order valence-corrected chi connectivity index (χ3v) is 2.28. The summed E-state index contributed by atoms with van der Waals surface area (Å²) in [5.41, 5.74) is 4.58. The van der Waals surface area contributed by atoms with Crippen molar-refractivity contribution in [1.29, 1.82) is 0 Å². The van der Waals surface area contributed by atoms with Gasteiger partial charge in [0.25, 0.3) is 0 Å². The number of halogens is 4. The van der Waals surface area contributed by atoms with E-state index in [0.717, 1.165) is 12.1 Å². The van der Waals surface area contributed by atoms with Gasteiger partial charge in [0.2, 0.25) is 5.95 Å². The van der Waals surface area contributed by atoms with Crippen LogP contribution in [0.2, 0.25) is 5.15 Å². The highest BCUT2D eigenvalue weighted by Crippen LogP contribution is 2.32. The summed E-state index contributed by atoms with van der Waals surface area (Å²) in [6.45, 7) is 0. The minimum Gasteiger partial charge on any atom is -0.368 e. The van der Waals surface area contributed by atoms with Gasteiger partial charge in [0.05, 0.1) is 11.1 Å². The largest absolute Gasteiger partial charge is 0.416 e. The molecule has 0 fully saturated rings. The Morgan fingerprint density at radius 2 is 1.88 bits per heavy atom. The molecule has 0 amide bonds. The van der Waals surface area contributed by atoms with Crippen molar-refractivity contribution in [1.82, 2.24) is 9.97 Å². The Kier molecular flexibility index (Phi) is 2.38. The van der Waals surface area contributed by atoms with E-state index in [-0.39, 0.29) is 16.6 Å². The van der Waals surface area contributed by atoms with E-state index in [4.69, 9.17) is 17.3 Å². The summed E-state index contributed by atoms with van der Waals surface area (Å²) >= 11 is 5.72. The number of rotatable bonds is 0. The van der Waals surface area contributed by atoms with E-state index in [1.165, 1.54) is 6.07 Å². The highest BCUT2D eigenvalue weighted by Gasteiger charge is 2.30. The Morgan fingerprint density at radius 1 is 1.19 bits per heavy atom. The van der Waals surface area contributed by atoms with Crippen LogP contribution < -0.4 is 5.73 Å². The van der Waals surface area contributed by atoms with Crippen molar-refractivity contribution in [2.75, 3.05) is 5.73 Å². The number of nitrogens with two attached hydrogens (primary N) is 1. The summed E-state index contributed by atoms with van der Waals surface area (Å²) in [5.74, 6) is -0.156. The van der Waals surface area contributed by atoms with Crippen LogP contribution in [0.25, 0.3) is 10.9 Å². The molecule has 2 aromatic rings. The normalized spacial score (nSPS) is 12.0. The number of anilines is 1. The molecule has 0 saturated carbocycles. The minimum atomic E-state index is -4.42. The molecule has 0 saturated heterocycles. The SMILES string of the molecule is Nc1nc(Cl)c2ccc(C(F)(F)F)cc2n1. The maximum Gasteiger partial charge on any atom is 0.416 e. The zero-order chi connectivity index (χ0) is 11.9. The fourth-order valence-corrected chi connectivity index (χ4v) is 1.53. The molecule has 84 valence electrons. The van der Waals surface area contributed by atoms with Crippen LogP contribution >= 0.6 is 11.6 Å². The molecule has 3 nitrogen and oxygen atoms in total. The average Bonchev–Trinajstić information content (AvgIpc) is 2.15. The van der Waals surface area contributed by atoms with E-state index in [1.807, 2.05) is 0 Å². The van der Waals surface area contributed by atoms with Gasteiger partial charge < -0.3 is 5.73 Å². The molecule has 0 aliphatic rings. The lowest BCUT2D eigenvalue weighted by atomic mass is 10.1. The van der Waals surface area contributed by atoms with Crippen molar-refractivity contribution in [3.63, 3.8) is 0 Å². The van der Waals surface area contributed by atoms with Crippen LogP contribution in [0, 0.1) is 0 Å². The van der Waals surface area contributed by atoms with Gasteiger partial charge >= 0.3 is 6.18 Å². The van der Waals surface area contributed by atoms with Gasteiger partial charge in [0, 0.05) is 5.39 Å². The number of fused-ring (bicyclic) bond motifs is 1. The van der Waals surface area contributed by atoms with Crippen LogP contribution in [-0.4, -0.2) is 9.97 Å². The van der Waals surface area contributed by atoms with Crippen LogP contribution in [0.15, 0.2) is 18.2 Å². The summed E-state index contributed by atoms with van der Waals surface area (Å²) < 4.78 is 37.2. The lowest BCUT2D eigenvalue weighted by molar-refractivity contribution is -0.137. The summed E-state index contributed by atoms with van der Waals surface area (Å²) in [5, 5.41) is 0.375. The summed E-state index contributed by atoms with van der Waals surface area (Å²) in [7, 11) is 0. The van der Waals surface area contributed by atoms with Crippen LogP contribution in [0.3, 0.4) is 0 Å². The molecule has 0 bridgehead atoms. The van der Waals surface area contributed by atoms with Gasteiger partial charge in [-0.05, 0) is 18.2 Å². The highest BCUT2D eigenvalue weighted by atomic mass is 35.5. The first kappa shape index (κ1) is 10.9. The molecule has 0 atom stereocenters. The zero-order valence-electron chi connectivity index (χ0n) is 7.72. The number of benzene rings is 1. The second kappa shape index (κ2) is 3.48. The maximum atomic E-state index is 12.4. The van der Waals surface area contributed by atoms with Gasteiger partial charge in [-0.15, -0.1) is 0 Å². The predicted molar refractivity (Wildman–Crippen MR) is 54.0 cm³/mol. The fourth-order valence-electron chi connectivity index (χ4n) is 1.28. The highest BCUT2D eigenvalue weighted by molar-refractivity contribution is 6.34. The topological polar surface area (TPSA) is 51.8 Å². The molecule has 0 aliphatic heterocycles. The summed E-state index contributed by atoms with van der Waals surface area (Å²) in [4.78, 5) is 7.34. The monoisotopic (exact) mass is 247 g/mol. The summed E-state index contributed by atoms with van der Waals surface area (Å²) in [6.07, 6.45) is -4.42. The van der Waals surface area contributed by atoms with E-state index in [2.05, 4.69) is 9.97 Å². The molecule has 1 aromatic heterocycles. The molecule has 0 unspecified atom stereocenters. The average molecular weight is 248 g/mol. The van der Waals surface area contributed by atoms with Crippen molar-refractivity contribution < 1.29 is 13.2 Å². The van der Waals surface area contributed by atoms with E-state index in [0.29, 0.717) is 5.39 Å². The van der Waals surface area contributed by atoms with E-state index in [9.17, 15) is 13.2 Å². The standard InChI is InChI=1S/C9H5ClF3N3/c10-7-5-2-1-4(9(11,12)13)3-6(5)15-8(14)16-7/h1-3H,(H2,14,15,16). The maximum absolute atomic E-state index is 12.4. The molecular formula is C9H5ClF3N3. The van der Waals surface area contributed by atoms with E-state index < -0.39 is 11.7 Å². The van der Waals surface area contributed by atoms with Gasteiger partial charge in [-0.2, -0.15) is 13.2 Å². The lowest BCUT2D eigenvalue weighted by Crippen LogP contribution is -2.05. The quantitative estimate of drug-likeness (QED) is 0.728. The molecular weight excluding hydrogens is 243 g/mol. The number of nitrogen functional groups attached to an aromatic ring is 1. The Bertz CT molecular complexity index is 553. The molecule has 0 aliphatic carbocycles. The van der Waals surface area contributed by atoms with Gasteiger partial charge in [-0.1, -0.05) is 11.6 Å². The van der Waals surface area contributed by atoms with Crippen LogP contribution in [0.4, 0.5) is 19.1 Å². The number of nitrogens with zero attached hydrogens (tertiary/aromatic N) is 2. The van der Waals surface area contributed by atoms with Gasteiger partial charge in [0.15, 0.2) is 0 Å². The van der Waals surface area contributed by atoms with Crippen LogP contribution in [0.5, 0.6) is 0 Å². The number of hydrogen-bond acceptors (Lipinski definition) is 3. The Balaban J connectivity index is 2.71. The molecule has 1 aromatic carbocycles. The Labute approximate surface area is 93.1 Å². The number of aromatic nitrogens is 2. The molecule has 16 heavy (non-hydrogen) atoms. The van der Waals surface area contributed by atoms with Crippen molar-refractivity contribution >= 4 is 28.5 Å². The lowest BCUT2D eigenvalue weighted by Gasteiger charge is -2.07. The Hall–Kier alpha value is -1.56. The van der Waals surface area contributed by atoms with Crippen molar-refractivity contribution in [3.8, 4) is 0 Å². The van der Waals surface area contributed by atoms with Gasteiger partial charge in [0.1, 0.15) is 5.15 Å². The minimum absolute atomic E-state index is 0.0382. The predicted octanol–water partition coefficient (Wildman–Crippen LogP) is 2.88. The number of hydrogen-bond donors (Lipinski definition) is 1. The fraction of sp³-hybridized carbons (Fsp3) is 0.111. The van der Waals surface area contributed by atoms with E-state index in [1.54, 1.807) is 0 Å². The first-order valence-corrected chi connectivity index (χ1v) is 4.56. The van der Waals surface area contributed by atoms with Crippen molar-refractivity contribution in [2.45, 2.75) is 6.18 Å². The third-order valence-electron chi connectivity index (χ3n) is 2.00. The zero-order valence-corrected chi connectivity index (χ0v) is 8.47. The second-order valence-electron chi connectivity index (χ2n) is 3.10. The first-order valence-electron chi connectivity index (χ1n) is 4.18. The molecule has 7 heteroatoms. The molecule has 2 N–H and O–H groups in total. The first-order chi connectivity index (χ1) is 7.38. The molecule has 0 spiro atoms. The molecule has 1 heterocycles. The van der Waals surface area contributed by atoms with Gasteiger partial charge in [-0.25, -0.2) is 9.97 Å². The van der Waals surface area contributed by atoms with Crippen LogP contribution in [-0.2, 0) is 6.18 Å². The molecule has 0 radical (unpaired) electrons. The smallest absolute Gasteiger partial charge is 0.368 e. The van der Waals surface area contributed by atoms with Crippen molar-refractivity contribution in [2.24, 2.45) is 0 Å². The molecule has 2 rings (SSSR count). The van der Waals surface area contributed by atoms with Crippen molar-refractivity contribution in [3.05, 3.63) is 28.9 Å².